The molecule has 0 saturated heterocycles. The van der Waals surface area contributed by atoms with Crippen LogP contribution < -0.4 is 9.62 Å². The van der Waals surface area contributed by atoms with Crippen LogP contribution in [0.4, 0.5) is 15.1 Å². The Bertz CT molecular complexity index is 1450. The molecule has 2 aromatic carbocycles. The number of hydrogen-bond donors (Lipinski definition) is 1. The highest BCUT2D eigenvalue weighted by Gasteiger charge is 2.36. The number of halogens is 1. The van der Waals surface area contributed by atoms with E-state index in [0.717, 1.165) is 40.4 Å². The number of thiophene rings is 1. The molecule has 2 heterocycles. The molecule has 182 valence electrons. The average molecular weight is 515 g/mol. The Labute approximate surface area is 206 Å². The van der Waals surface area contributed by atoms with Crippen LogP contribution in [0.15, 0.2) is 47.4 Å². The second-order valence-electron chi connectivity index (χ2n) is 8.35. The van der Waals surface area contributed by atoms with Gasteiger partial charge in [-0.1, -0.05) is 18.2 Å². The molecule has 1 aliphatic carbocycles. The van der Waals surface area contributed by atoms with Crippen LogP contribution >= 0.6 is 11.3 Å². The van der Waals surface area contributed by atoms with E-state index >= 15 is 0 Å². The van der Waals surface area contributed by atoms with Gasteiger partial charge in [0.1, 0.15) is 17.4 Å². The van der Waals surface area contributed by atoms with E-state index in [0.29, 0.717) is 21.7 Å². The Hall–Kier alpha value is -3.24. The number of aryl methyl sites for hydroxylation is 1. The summed E-state index contributed by atoms with van der Waals surface area (Å²) in [5.41, 5.74) is 2.25. The Morgan fingerprint density at radius 1 is 1.11 bits per heavy atom. The number of amides is 1. The Morgan fingerprint density at radius 2 is 1.89 bits per heavy atom. The number of nitrogens with zero attached hydrogens (tertiary/aromatic N) is 1. The van der Waals surface area contributed by atoms with E-state index in [-0.39, 0.29) is 17.2 Å². The van der Waals surface area contributed by atoms with Crippen molar-refractivity contribution in [3.05, 3.63) is 64.3 Å². The summed E-state index contributed by atoms with van der Waals surface area (Å²) in [6.07, 6.45) is 3.49. The van der Waals surface area contributed by atoms with E-state index < -0.39 is 34.3 Å². The van der Waals surface area contributed by atoms with Crippen molar-refractivity contribution in [1.82, 2.24) is 0 Å². The van der Waals surface area contributed by atoms with E-state index in [4.69, 9.17) is 4.74 Å². The molecule has 7 nitrogen and oxygen atoms in total. The number of carbonyl (C=O) groups is 2. The molecule has 0 saturated carbocycles. The van der Waals surface area contributed by atoms with Gasteiger partial charge in [-0.3, -0.25) is 9.10 Å². The molecule has 10 heteroatoms. The number of fused-ring (bicyclic) bond motifs is 4. The summed E-state index contributed by atoms with van der Waals surface area (Å²) in [4.78, 5) is 26.9. The highest BCUT2D eigenvalue weighted by atomic mass is 32.2. The standard InChI is InChI=1S/C25H23FN2O5S2/c1-2-33-25(30)23-17-8-3-5-9-20(17)34-24(23)27-22(29)14-28-19-12-11-15(26)13-18(19)16-7-4-6-10-21(16)35(28,31)32/h4,6-7,10-13H,2-3,5,8-9,14H2,1H3,(H,27,29). The number of sulfonamides is 1. The van der Waals surface area contributed by atoms with Crippen LogP contribution in [0, 0.1) is 5.82 Å². The zero-order valence-electron chi connectivity index (χ0n) is 19.0. The highest BCUT2D eigenvalue weighted by Crippen LogP contribution is 2.43. The molecular formula is C25H23FN2O5S2. The molecule has 0 bridgehead atoms. The van der Waals surface area contributed by atoms with Crippen LogP contribution in [-0.2, 0) is 32.4 Å². The third-order valence-corrected chi connectivity index (χ3v) is 9.19. The molecule has 0 atom stereocenters. The smallest absolute Gasteiger partial charge is 0.341 e. The van der Waals surface area contributed by atoms with Crippen molar-refractivity contribution in [3.63, 3.8) is 0 Å². The van der Waals surface area contributed by atoms with Crippen LogP contribution in [0.3, 0.4) is 0 Å². The molecular weight excluding hydrogens is 491 g/mol. The first-order valence-corrected chi connectivity index (χ1v) is 13.6. The minimum atomic E-state index is -4.07. The van der Waals surface area contributed by atoms with Crippen LogP contribution in [0.5, 0.6) is 0 Å². The van der Waals surface area contributed by atoms with Gasteiger partial charge in [0.25, 0.3) is 10.0 Å². The number of ether oxygens (including phenoxy) is 1. The van der Waals surface area contributed by atoms with Crippen molar-refractivity contribution < 1.29 is 27.1 Å². The summed E-state index contributed by atoms with van der Waals surface area (Å²) in [7, 11) is -4.07. The second kappa shape index (κ2) is 9.09. The number of hydrogen-bond acceptors (Lipinski definition) is 6. The van der Waals surface area contributed by atoms with Crippen molar-refractivity contribution in [2.24, 2.45) is 0 Å². The van der Waals surface area contributed by atoms with Gasteiger partial charge in [0.05, 0.1) is 22.8 Å². The van der Waals surface area contributed by atoms with Crippen molar-refractivity contribution in [2.45, 2.75) is 37.5 Å². The number of benzene rings is 2. The Morgan fingerprint density at radius 3 is 2.69 bits per heavy atom. The Kier molecular flexibility index (Phi) is 6.10. The van der Waals surface area contributed by atoms with E-state index in [1.807, 2.05) is 0 Å². The minimum Gasteiger partial charge on any atom is -0.462 e. The lowest BCUT2D eigenvalue weighted by molar-refractivity contribution is -0.114. The van der Waals surface area contributed by atoms with Crippen LogP contribution in [0.2, 0.25) is 0 Å². The topological polar surface area (TPSA) is 92.8 Å². The summed E-state index contributed by atoms with van der Waals surface area (Å²) in [6, 6.07) is 10.1. The zero-order valence-corrected chi connectivity index (χ0v) is 20.6. The van der Waals surface area contributed by atoms with Crippen molar-refractivity contribution >= 4 is 43.9 Å². The molecule has 0 fully saturated rings. The SMILES string of the molecule is CCOC(=O)c1c(NC(=O)CN2c3ccc(F)cc3-c3ccccc3S2(=O)=O)sc2c1CCCC2. The number of rotatable bonds is 5. The molecule has 1 amide bonds. The normalized spacial score (nSPS) is 15.5. The maximum absolute atomic E-state index is 14.1. The number of anilines is 2. The maximum atomic E-state index is 14.1. The lowest BCUT2D eigenvalue weighted by Crippen LogP contribution is -2.40. The molecule has 5 rings (SSSR count). The number of nitrogens with one attached hydrogen (secondary N) is 1. The monoisotopic (exact) mass is 514 g/mol. The molecule has 0 radical (unpaired) electrons. The maximum Gasteiger partial charge on any atom is 0.341 e. The van der Waals surface area contributed by atoms with Gasteiger partial charge in [0.15, 0.2) is 0 Å². The summed E-state index contributed by atoms with van der Waals surface area (Å²) >= 11 is 1.33. The van der Waals surface area contributed by atoms with Crippen LogP contribution in [0.25, 0.3) is 11.1 Å². The lowest BCUT2D eigenvalue weighted by Gasteiger charge is -2.31. The van der Waals surface area contributed by atoms with Gasteiger partial charge in [-0.2, -0.15) is 0 Å². The molecule has 1 aliphatic heterocycles. The lowest BCUT2D eigenvalue weighted by atomic mass is 9.95. The van der Waals surface area contributed by atoms with E-state index in [9.17, 15) is 22.4 Å². The summed E-state index contributed by atoms with van der Waals surface area (Å²) in [5, 5.41) is 3.13. The summed E-state index contributed by atoms with van der Waals surface area (Å²) < 4.78 is 47.2. The van der Waals surface area contributed by atoms with Crippen LogP contribution in [-0.4, -0.2) is 33.4 Å². The van der Waals surface area contributed by atoms with Crippen molar-refractivity contribution in [1.29, 1.82) is 0 Å². The fourth-order valence-corrected chi connectivity index (χ4v) is 7.59. The summed E-state index contributed by atoms with van der Waals surface area (Å²) in [5.74, 6) is -1.61. The highest BCUT2D eigenvalue weighted by molar-refractivity contribution is 7.93. The fourth-order valence-electron chi connectivity index (χ4n) is 4.64. The predicted octanol–water partition coefficient (Wildman–Crippen LogP) is 4.76. The third-order valence-electron chi connectivity index (χ3n) is 6.16. The van der Waals surface area contributed by atoms with E-state index in [1.165, 1.54) is 35.6 Å². The van der Waals surface area contributed by atoms with Gasteiger partial charge < -0.3 is 10.1 Å². The van der Waals surface area contributed by atoms with Gasteiger partial charge in [-0.05, 0) is 62.4 Å². The molecule has 1 N–H and O–H groups in total. The van der Waals surface area contributed by atoms with Gasteiger partial charge in [0, 0.05) is 16.0 Å². The zero-order chi connectivity index (χ0) is 24.7. The number of carbonyl (C=O) groups excluding carboxylic acids is 2. The molecule has 0 spiro atoms. The van der Waals surface area contributed by atoms with Gasteiger partial charge >= 0.3 is 5.97 Å². The molecule has 0 unspecified atom stereocenters. The molecule has 2 aliphatic rings. The second-order valence-corrected chi connectivity index (χ2v) is 11.3. The molecule has 1 aromatic heterocycles. The average Bonchev–Trinajstić information content (AvgIpc) is 3.20. The Balaban J connectivity index is 1.50. The van der Waals surface area contributed by atoms with Crippen LogP contribution in [0.1, 0.15) is 40.6 Å². The largest absolute Gasteiger partial charge is 0.462 e. The quantitative estimate of drug-likeness (QED) is 0.496. The third kappa shape index (κ3) is 4.10. The van der Waals surface area contributed by atoms with E-state index in [1.54, 1.807) is 25.1 Å². The van der Waals surface area contributed by atoms with Gasteiger partial charge in [-0.25, -0.2) is 17.6 Å². The van der Waals surface area contributed by atoms with E-state index in [2.05, 4.69) is 5.32 Å². The van der Waals surface area contributed by atoms with Gasteiger partial charge in [-0.15, -0.1) is 11.3 Å². The molecule has 35 heavy (non-hydrogen) atoms. The van der Waals surface area contributed by atoms with Crippen molar-refractivity contribution in [2.75, 3.05) is 22.8 Å². The first-order chi connectivity index (χ1) is 16.8. The van der Waals surface area contributed by atoms with Gasteiger partial charge in [0.2, 0.25) is 5.91 Å². The number of esters is 1. The summed E-state index contributed by atoms with van der Waals surface area (Å²) in [6.45, 7) is 1.39. The minimum absolute atomic E-state index is 0.00435. The van der Waals surface area contributed by atoms with Crippen molar-refractivity contribution in [3.8, 4) is 11.1 Å². The fraction of sp³-hybridized carbons (Fsp3) is 0.280. The molecule has 3 aromatic rings. The predicted molar refractivity (Wildman–Crippen MR) is 132 cm³/mol. The first kappa shape index (κ1) is 23.5. The first-order valence-electron chi connectivity index (χ1n) is 11.3.